The van der Waals surface area contributed by atoms with E-state index in [1.165, 1.54) is 13.2 Å². The highest BCUT2D eigenvalue weighted by atomic mass is 16.5. The number of aryl methyl sites for hydroxylation is 1. The lowest BCUT2D eigenvalue weighted by Crippen LogP contribution is -2.35. The van der Waals surface area contributed by atoms with Crippen LogP contribution in [0, 0.1) is 6.92 Å². The van der Waals surface area contributed by atoms with E-state index >= 15 is 0 Å². The number of amides is 2. The topological polar surface area (TPSA) is 83.8 Å². The number of rotatable bonds is 5. The number of carbonyl (C=O) groups is 2. The Bertz CT molecular complexity index is 794. The summed E-state index contributed by atoms with van der Waals surface area (Å²) in [6.07, 6.45) is 1.46. The normalized spacial score (nSPS) is 14.8. The average Bonchev–Trinajstić information content (AvgIpc) is 3.06. The van der Waals surface area contributed by atoms with Gasteiger partial charge in [-0.05, 0) is 30.7 Å². The summed E-state index contributed by atoms with van der Waals surface area (Å²) in [5.74, 6) is 0.267. The molecule has 1 aromatic carbocycles. The first-order valence-electron chi connectivity index (χ1n) is 8.58. The second-order valence-electron chi connectivity index (χ2n) is 6.37. The van der Waals surface area contributed by atoms with Gasteiger partial charge in [-0.25, -0.2) is 0 Å². The summed E-state index contributed by atoms with van der Waals surface area (Å²) in [5, 5.41) is 5.56. The van der Waals surface area contributed by atoms with E-state index in [1.807, 2.05) is 19.1 Å². The minimum Gasteiger partial charge on any atom is -0.467 e. The molecule has 0 bridgehead atoms. The Morgan fingerprint density at radius 3 is 2.62 bits per heavy atom. The van der Waals surface area contributed by atoms with Crippen molar-refractivity contribution in [2.24, 2.45) is 0 Å². The Labute approximate surface area is 152 Å². The molecule has 2 aromatic rings. The number of furan rings is 1. The molecule has 1 aliphatic heterocycles. The zero-order valence-corrected chi connectivity index (χ0v) is 15.0. The molecule has 0 saturated carbocycles. The van der Waals surface area contributed by atoms with E-state index < -0.39 is 0 Å². The van der Waals surface area contributed by atoms with Gasteiger partial charge >= 0.3 is 0 Å². The molecule has 2 amide bonds. The molecule has 26 heavy (non-hydrogen) atoms. The number of morpholine rings is 1. The molecule has 1 aromatic heterocycles. The third kappa shape index (κ3) is 4.71. The maximum absolute atomic E-state index is 12.6. The predicted molar refractivity (Wildman–Crippen MR) is 98.2 cm³/mol. The van der Waals surface area contributed by atoms with Gasteiger partial charge in [0.05, 0.1) is 36.7 Å². The third-order valence-corrected chi connectivity index (χ3v) is 4.13. The van der Waals surface area contributed by atoms with Crippen LogP contribution in [0.1, 0.15) is 28.6 Å². The van der Waals surface area contributed by atoms with Crippen molar-refractivity contribution in [2.45, 2.75) is 20.4 Å². The van der Waals surface area contributed by atoms with Crippen LogP contribution in [0.5, 0.6) is 0 Å². The lowest BCUT2D eigenvalue weighted by molar-refractivity contribution is -0.114. The van der Waals surface area contributed by atoms with E-state index in [4.69, 9.17) is 9.15 Å². The van der Waals surface area contributed by atoms with Crippen molar-refractivity contribution >= 4 is 23.2 Å². The van der Waals surface area contributed by atoms with Gasteiger partial charge in [-0.3, -0.25) is 14.5 Å². The molecule has 7 nitrogen and oxygen atoms in total. The quantitative estimate of drug-likeness (QED) is 0.859. The Morgan fingerprint density at radius 2 is 1.88 bits per heavy atom. The molecule has 0 radical (unpaired) electrons. The lowest BCUT2D eigenvalue weighted by Gasteiger charge is -2.25. The largest absolute Gasteiger partial charge is 0.467 e. The first-order chi connectivity index (χ1) is 12.5. The van der Waals surface area contributed by atoms with Crippen molar-refractivity contribution in [2.75, 3.05) is 36.9 Å². The first-order valence-corrected chi connectivity index (χ1v) is 8.58. The molecule has 3 rings (SSSR count). The van der Waals surface area contributed by atoms with E-state index in [0.717, 1.165) is 24.4 Å². The zero-order valence-electron chi connectivity index (χ0n) is 15.0. The molecule has 0 aliphatic carbocycles. The fourth-order valence-corrected chi connectivity index (χ4v) is 2.82. The fourth-order valence-electron chi connectivity index (χ4n) is 2.82. The summed E-state index contributed by atoms with van der Waals surface area (Å²) in [6, 6.07) is 7.21. The van der Waals surface area contributed by atoms with Gasteiger partial charge in [0.1, 0.15) is 12.0 Å². The van der Waals surface area contributed by atoms with Gasteiger partial charge in [0.25, 0.3) is 5.91 Å². The number of hydrogen-bond acceptors (Lipinski definition) is 5. The first kappa shape index (κ1) is 18.2. The minimum atomic E-state index is -0.279. The van der Waals surface area contributed by atoms with Gasteiger partial charge < -0.3 is 19.8 Å². The Morgan fingerprint density at radius 1 is 1.12 bits per heavy atom. The summed E-state index contributed by atoms with van der Waals surface area (Å²) in [7, 11) is 0. The molecule has 1 aliphatic rings. The van der Waals surface area contributed by atoms with Crippen LogP contribution in [0.4, 0.5) is 11.4 Å². The van der Waals surface area contributed by atoms with Crippen molar-refractivity contribution in [3.63, 3.8) is 0 Å². The molecular weight excluding hydrogens is 334 g/mol. The van der Waals surface area contributed by atoms with Crippen molar-refractivity contribution in [1.82, 2.24) is 4.90 Å². The molecule has 0 unspecified atom stereocenters. The van der Waals surface area contributed by atoms with Gasteiger partial charge in [0.2, 0.25) is 5.91 Å². The number of ether oxygens (including phenoxy) is 1. The highest BCUT2D eigenvalue weighted by Crippen LogP contribution is 2.24. The SMILES string of the molecule is CC(=O)Nc1ccc(C)cc1NC(=O)c1coc(CN2CCOCC2)c1. The zero-order chi connectivity index (χ0) is 18.5. The van der Waals surface area contributed by atoms with Crippen LogP contribution in [-0.4, -0.2) is 43.0 Å². The van der Waals surface area contributed by atoms with E-state index in [0.29, 0.717) is 36.7 Å². The van der Waals surface area contributed by atoms with Crippen LogP contribution >= 0.6 is 0 Å². The average molecular weight is 357 g/mol. The maximum Gasteiger partial charge on any atom is 0.258 e. The van der Waals surface area contributed by atoms with E-state index in [-0.39, 0.29) is 11.8 Å². The van der Waals surface area contributed by atoms with Gasteiger partial charge in [-0.15, -0.1) is 0 Å². The molecule has 0 spiro atoms. The second-order valence-corrected chi connectivity index (χ2v) is 6.37. The Kier molecular flexibility index (Phi) is 5.70. The van der Waals surface area contributed by atoms with Crippen molar-refractivity contribution in [3.05, 3.63) is 47.4 Å². The molecule has 0 atom stereocenters. The van der Waals surface area contributed by atoms with Crippen LogP contribution in [0.25, 0.3) is 0 Å². The maximum atomic E-state index is 12.6. The number of benzene rings is 1. The Hall–Kier alpha value is -2.64. The second kappa shape index (κ2) is 8.16. The summed E-state index contributed by atoms with van der Waals surface area (Å²) >= 11 is 0. The van der Waals surface area contributed by atoms with Crippen LogP contribution in [-0.2, 0) is 16.1 Å². The minimum absolute atomic E-state index is 0.194. The van der Waals surface area contributed by atoms with Gasteiger partial charge in [0.15, 0.2) is 0 Å². The summed E-state index contributed by atoms with van der Waals surface area (Å²) in [6.45, 7) is 7.14. The lowest BCUT2D eigenvalue weighted by atomic mass is 10.1. The smallest absolute Gasteiger partial charge is 0.258 e. The molecule has 138 valence electrons. The number of nitrogens with one attached hydrogen (secondary N) is 2. The molecule has 2 heterocycles. The van der Waals surface area contributed by atoms with E-state index in [1.54, 1.807) is 12.1 Å². The standard InChI is InChI=1S/C19H23N3O4/c1-13-3-4-17(20-14(2)23)18(9-13)21-19(24)15-10-16(26-12-15)11-22-5-7-25-8-6-22/h3-4,9-10,12H,5-8,11H2,1-2H3,(H,20,23)(H,21,24). The van der Waals surface area contributed by atoms with E-state index in [2.05, 4.69) is 15.5 Å². The van der Waals surface area contributed by atoms with Gasteiger partial charge in [-0.1, -0.05) is 6.07 Å². The predicted octanol–water partition coefficient (Wildman–Crippen LogP) is 2.63. The molecule has 2 N–H and O–H groups in total. The Balaban J connectivity index is 1.68. The molecule has 7 heteroatoms. The van der Waals surface area contributed by atoms with Crippen LogP contribution in [0.2, 0.25) is 0 Å². The number of carbonyl (C=O) groups excluding carboxylic acids is 2. The molecule has 1 fully saturated rings. The van der Waals surface area contributed by atoms with Gasteiger partial charge in [-0.2, -0.15) is 0 Å². The number of hydrogen-bond donors (Lipinski definition) is 2. The number of nitrogens with zero attached hydrogens (tertiary/aromatic N) is 1. The van der Waals surface area contributed by atoms with Crippen molar-refractivity contribution in [3.8, 4) is 0 Å². The van der Waals surface area contributed by atoms with Crippen LogP contribution in [0.3, 0.4) is 0 Å². The van der Waals surface area contributed by atoms with E-state index in [9.17, 15) is 9.59 Å². The van der Waals surface area contributed by atoms with Crippen LogP contribution in [0.15, 0.2) is 34.9 Å². The highest BCUT2D eigenvalue weighted by molar-refractivity contribution is 6.07. The summed E-state index contributed by atoms with van der Waals surface area (Å²) < 4.78 is 10.9. The van der Waals surface area contributed by atoms with Crippen molar-refractivity contribution < 1.29 is 18.7 Å². The van der Waals surface area contributed by atoms with Gasteiger partial charge in [0, 0.05) is 20.0 Å². The fraction of sp³-hybridized carbons (Fsp3) is 0.368. The summed E-state index contributed by atoms with van der Waals surface area (Å²) in [4.78, 5) is 26.1. The molecular formula is C19H23N3O4. The summed E-state index contributed by atoms with van der Waals surface area (Å²) in [5.41, 5.74) is 2.55. The molecule has 1 saturated heterocycles. The number of anilines is 2. The third-order valence-electron chi connectivity index (χ3n) is 4.13. The van der Waals surface area contributed by atoms with Crippen LogP contribution < -0.4 is 10.6 Å². The van der Waals surface area contributed by atoms with Crippen molar-refractivity contribution in [1.29, 1.82) is 0 Å². The monoisotopic (exact) mass is 357 g/mol. The highest BCUT2D eigenvalue weighted by Gasteiger charge is 2.16.